The van der Waals surface area contributed by atoms with E-state index in [2.05, 4.69) is 10.4 Å². The summed E-state index contributed by atoms with van der Waals surface area (Å²) in [7, 11) is 0. The molecule has 0 aliphatic rings. The van der Waals surface area contributed by atoms with Gasteiger partial charge >= 0.3 is 6.18 Å². The molecule has 22 heavy (non-hydrogen) atoms. The average molecular weight is 352 g/mol. The van der Waals surface area contributed by atoms with Crippen molar-refractivity contribution in [1.29, 1.82) is 0 Å². The van der Waals surface area contributed by atoms with Crippen molar-refractivity contribution >= 4 is 29.1 Å². The van der Waals surface area contributed by atoms with Crippen molar-refractivity contribution in [3.8, 4) is 0 Å². The second-order valence-corrected chi connectivity index (χ2v) is 5.16. The minimum absolute atomic E-state index is 0.114. The first-order valence-corrected chi connectivity index (χ1v) is 6.87. The van der Waals surface area contributed by atoms with Gasteiger partial charge in [0.1, 0.15) is 0 Å². The van der Waals surface area contributed by atoms with Gasteiger partial charge < -0.3 is 5.32 Å². The number of rotatable bonds is 4. The number of nitrogens with zero attached hydrogens (tertiary/aromatic N) is 2. The molecule has 0 atom stereocenters. The predicted molar refractivity (Wildman–Crippen MR) is 76.0 cm³/mol. The van der Waals surface area contributed by atoms with E-state index in [4.69, 9.17) is 23.2 Å². The van der Waals surface area contributed by atoms with E-state index >= 15 is 0 Å². The first-order chi connectivity index (χ1) is 10.3. The number of benzene rings is 1. The maximum Gasteiger partial charge on any atom is 0.435 e. The fraction of sp³-hybridized carbons (Fsp3) is 0.231. The number of hydrogen-bond donors (Lipinski definition) is 1. The van der Waals surface area contributed by atoms with Crippen LogP contribution in [0.1, 0.15) is 16.1 Å². The standard InChI is InChI=1S/C13H10Cl2F3N3O/c14-9-2-1-8(7-10(9)15)12(22)19-4-6-21-5-3-11(20-21)13(16,17)18/h1-3,5,7H,4,6H2,(H,19,22). The summed E-state index contributed by atoms with van der Waals surface area (Å²) in [4.78, 5) is 11.8. The number of nitrogens with one attached hydrogen (secondary N) is 1. The molecule has 0 unspecified atom stereocenters. The Labute approximate surface area is 133 Å². The molecule has 2 aromatic rings. The third-order valence-electron chi connectivity index (χ3n) is 2.74. The third kappa shape index (κ3) is 4.14. The highest BCUT2D eigenvalue weighted by molar-refractivity contribution is 6.42. The van der Waals surface area contributed by atoms with Crippen LogP contribution in [0.2, 0.25) is 10.0 Å². The first-order valence-electron chi connectivity index (χ1n) is 6.11. The topological polar surface area (TPSA) is 46.9 Å². The molecule has 1 amide bonds. The molecule has 1 N–H and O–H groups in total. The van der Waals surface area contributed by atoms with E-state index in [-0.39, 0.29) is 18.1 Å². The SMILES string of the molecule is O=C(NCCn1ccc(C(F)(F)F)n1)c1ccc(Cl)c(Cl)c1. The van der Waals surface area contributed by atoms with Gasteiger partial charge in [0.2, 0.25) is 0 Å². The van der Waals surface area contributed by atoms with E-state index in [1.165, 1.54) is 24.4 Å². The molecule has 0 spiro atoms. The van der Waals surface area contributed by atoms with Gasteiger partial charge in [-0.15, -0.1) is 0 Å². The van der Waals surface area contributed by atoms with Crippen molar-refractivity contribution in [2.24, 2.45) is 0 Å². The molecule has 0 saturated heterocycles. The molecule has 2 rings (SSSR count). The lowest BCUT2D eigenvalue weighted by atomic mass is 10.2. The molecule has 1 aromatic heterocycles. The van der Waals surface area contributed by atoms with Crippen LogP contribution in [0.5, 0.6) is 0 Å². The second-order valence-electron chi connectivity index (χ2n) is 4.35. The van der Waals surface area contributed by atoms with Crippen molar-refractivity contribution in [1.82, 2.24) is 15.1 Å². The zero-order chi connectivity index (χ0) is 16.3. The van der Waals surface area contributed by atoms with E-state index < -0.39 is 17.8 Å². The highest BCUT2D eigenvalue weighted by Gasteiger charge is 2.33. The normalized spacial score (nSPS) is 11.5. The molecule has 9 heteroatoms. The quantitative estimate of drug-likeness (QED) is 0.913. The van der Waals surface area contributed by atoms with Gasteiger partial charge in [0, 0.05) is 18.3 Å². The zero-order valence-corrected chi connectivity index (χ0v) is 12.5. The van der Waals surface area contributed by atoms with E-state index in [1.54, 1.807) is 0 Å². The fourth-order valence-corrected chi connectivity index (χ4v) is 1.96. The van der Waals surface area contributed by atoms with Crippen LogP contribution in [-0.2, 0) is 12.7 Å². The molecule has 0 aliphatic carbocycles. The van der Waals surface area contributed by atoms with Crippen molar-refractivity contribution in [2.45, 2.75) is 12.7 Å². The molecule has 0 radical (unpaired) electrons. The van der Waals surface area contributed by atoms with Crippen LogP contribution in [0.3, 0.4) is 0 Å². The molecule has 1 aromatic carbocycles. The number of alkyl halides is 3. The van der Waals surface area contributed by atoms with Gasteiger partial charge in [0.15, 0.2) is 5.69 Å². The van der Waals surface area contributed by atoms with Crippen LogP contribution in [0.25, 0.3) is 0 Å². The number of aromatic nitrogens is 2. The molecule has 0 fully saturated rings. The van der Waals surface area contributed by atoms with Gasteiger partial charge in [0.05, 0.1) is 16.6 Å². The predicted octanol–water partition coefficient (Wildman–Crippen LogP) is 3.64. The van der Waals surface area contributed by atoms with E-state index in [9.17, 15) is 18.0 Å². The maximum atomic E-state index is 12.4. The Morgan fingerprint density at radius 1 is 1.23 bits per heavy atom. The van der Waals surface area contributed by atoms with Crippen molar-refractivity contribution < 1.29 is 18.0 Å². The lowest BCUT2D eigenvalue weighted by molar-refractivity contribution is -0.141. The van der Waals surface area contributed by atoms with Gasteiger partial charge in [-0.25, -0.2) is 0 Å². The summed E-state index contributed by atoms with van der Waals surface area (Å²) in [6.07, 6.45) is -3.28. The second kappa shape index (κ2) is 6.58. The van der Waals surface area contributed by atoms with Crippen LogP contribution in [0.15, 0.2) is 30.5 Å². The summed E-state index contributed by atoms with van der Waals surface area (Å²) in [5.41, 5.74) is -0.658. The molecule has 0 saturated carbocycles. The average Bonchev–Trinajstić information content (AvgIpc) is 2.90. The molecule has 0 aliphatic heterocycles. The van der Waals surface area contributed by atoms with Crippen molar-refractivity contribution in [3.05, 3.63) is 51.8 Å². The Balaban J connectivity index is 1.89. The zero-order valence-electron chi connectivity index (χ0n) is 11.0. The number of amides is 1. The number of hydrogen-bond acceptors (Lipinski definition) is 2. The van der Waals surface area contributed by atoms with Crippen LogP contribution in [0.4, 0.5) is 13.2 Å². The highest BCUT2D eigenvalue weighted by Crippen LogP contribution is 2.27. The molecule has 118 valence electrons. The summed E-state index contributed by atoms with van der Waals surface area (Å²) < 4.78 is 38.2. The van der Waals surface area contributed by atoms with E-state index in [0.717, 1.165) is 10.7 Å². The largest absolute Gasteiger partial charge is 0.435 e. The van der Waals surface area contributed by atoms with E-state index in [1.807, 2.05) is 0 Å². The Kier molecular flexibility index (Phi) is 4.97. The monoisotopic (exact) mass is 351 g/mol. The number of carbonyl (C=O) groups excluding carboxylic acids is 1. The summed E-state index contributed by atoms with van der Waals surface area (Å²) in [5, 5.41) is 6.51. The minimum Gasteiger partial charge on any atom is -0.350 e. The number of halogens is 5. The smallest absolute Gasteiger partial charge is 0.350 e. The Bertz CT molecular complexity index is 685. The van der Waals surface area contributed by atoms with Gasteiger partial charge in [-0.1, -0.05) is 23.2 Å². The summed E-state index contributed by atoms with van der Waals surface area (Å²) in [6, 6.07) is 5.27. The Hall–Kier alpha value is -1.73. The molecule has 0 bridgehead atoms. The summed E-state index contributed by atoms with van der Waals surface area (Å²) in [5.74, 6) is -0.401. The molecule has 4 nitrogen and oxygen atoms in total. The van der Waals surface area contributed by atoms with Crippen molar-refractivity contribution in [3.63, 3.8) is 0 Å². The van der Waals surface area contributed by atoms with Gasteiger partial charge in [-0.05, 0) is 24.3 Å². The number of carbonyl (C=O) groups is 1. The molecular formula is C13H10Cl2F3N3O. The van der Waals surface area contributed by atoms with Crippen LogP contribution >= 0.6 is 23.2 Å². The Morgan fingerprint density at radius 2 is 1.95 bits per heavy atom. The van der Waals surface area contributed by atoms with Crippen LogP contribution < -0.4 is 5.32 Å². The summed E-state index contributed by atoms with van der Waals surface area (Å²) >= 11 is 11.5. The van der Waals surface area contributed by atoms with Gasteiger partial charge in [0.25, 0.3) is 5.91 Å². The van der Waals surface area contributed by atoms with Crippen LogP contribution in [0, 0.1) is 0 Å². The lowest BCUT2D eigenvalue weighted by Crippen LogP contribution is -2.27. The summed E-state index contributed by atoms with van der Waals surface area (Å²) in [6.45, 7) is 0.237. The lowest BCUT2D eigenvalue weighted by Gasteiger charge is -2.07. The molecular weight excluding hydrogens is 342 g/mol. The fourth-order valence-electron chi connectivity index (χ4n) is 1.66. The first kappa shape index (κ1) is 16.6. The third-order valence-corrected chi connectivity index (χ3v) is 3.48. The van der Waals surface area contributed by atoms with E-state index in [0.29, 0.717) is 10.6 Å². The highest BCUT2D eigenvalue weighted by atomic mass is 35.5. The van der Waals surface area contributed by atoms with Gasteiger partial charge in [-0.3, -0.25) is 9.48 Å². The molecule has 1 heterocycles. The van der Waals surface area contributed by atoms with Crippen molar-refractivity contribution in [2.75, 3.05) is 6.54 Å². The van der Waals surface area contributed by atoms with Crippen LogP contribution in [-0.4, -0.2) is 22.2 Å². The Morgan fingerprint density at radius 3 is 2.55 bits per heavy atom. The minimum atomic E-state index is -4.48. The maximum absolute atomic E-state index is 12.4. The van der Waals surface area contributed by atoms with Gasteiger partial charge in [-0.2, -0.15) is 18.3 Å².